The van der Waals surface area contributed by atoms with Crippen LogP contribution in [0.1, 0.15) is 24.4 Å². The van der Waals surface area contributed by atoms with Gasteiger partial charge in [0, 0.05) is 26.2 Å². The standard InChI is InChI=1S/C17H21N5O2/c1-2-22-13-19-20-17(22)16-12-21(8-10-24-16)7-9-23-15-5-3-14(11-18)4-6-15/h3-6,13,16H,2,7-10,12H2,1H3/t16-/m1/s1. The van der Waals surface area contributed by atoms with E-state index in [0.29, 0.717) is 18.8 Å². The normalized spacial score (nSPS) is 18.2. The van der Waals surface area contributed by atoms with E-state index in [0.717, 1.165) is 37.8 Å². The van der Waals surface area contributed by atoms with Gasteiger partial charge < -0.3 is 14.0 Å². The van der Waals surface area contributed by atoms with Gasteiger partial charge in [0.25, 0.3) is 0 Å². The largest absolute Gasteiger partial charge is 0.492 e. The van der Waals surface area contributed by atoms with Crippen LogP contribution in [0.25, 0.3) is 0 Å². The Bertz CT molecular complexity index is 692. The van der Waals surface area contributed by atoms with E-state index in [2.05, 4.69) is 28.1 Å². The Morgan fingerprint density at radius 1 is 1.38 bits per heavy atom. The van der Waals surface area contributed by atoms with Crippen LogP contribution in [-0.2, 0) is 11.3 Å². The lowest BCUT2D eigenvalue weighted by Crippen LogP contribution is -2.41. The fourth-order valence-corrected chi connectivity index (χ4v) is 2.74. The third-order valence-electron chi connectivity index (χ3n) is 4.08. The van der Waals surface area contributed by atoms with Gasteiger partial charge in [-0.3, -0.25) is 4.90 Å². The van der Waals surface area contributed by atoms with Crippen LogP contribution in [0.15, 0.2) is 30.6 Å². The van der Waals surface area contributed by atoms with E-state index in [1.807, 2.05) is 16.7 Å². The summed E-state index contributed by atoms with van der Waals surface area (Å²) in [5.74, 6) is 1.67. The smallest absolute Gasteiger partial charge is 0.163 e. The number of nitriles is 1. The average Bonchev–Trinajstić information content (AvgIpc) is 3.11. The summed E-state index contributed by atoms with van der Waals surface area (Å²) in [7, 11) is 0. The molecule has 126 valence electrons. The van der Waals surface area contributed by atoms with Crippen molar-refractivity contribution in [2.75, 3.05) is 32.8 Å². The molecule has 1 fully saturated rings. The van der Waals surface area contributed by atoms with Gasteiger partial charge in [-0.15, -0.1) is 10.2 Å². The Hall–Kier alpha value is -2.43. The fourth-order valence-electron chi connectivity index (χ4n) is 2.74. The Kier molecular flexibility index (Phi) is 5.41. The zero-order valence-electron chi connectivity index (χ0n) is 13.8. The molecule has 0 saturated carbocycles. The van der Waals surface area contributed by atoms with Gasteiger partial charge in [-0.1, -0.05) is 0 Å². The van der Waals surface area contributed by atoms with Crippen molar-refractivity contribution in [3.63, 3.8) is 0 Å². The molecule has 1 aromatic carbocycles. The molecule has 3 rings (SSSR count). The van der Waals surface area contributed by atoms with Crippen LogP contribution in [0.5, 0.6) is 5.75 Å². The lowest BCUT2D eigenvalue weighted by molar-refractivity contribution is -0.0387. The van der Waals surface area contributed by atoms with Crippen LogP contribution in [0.4, 0.5) is 0 Å². The summed E-state index contributed by atoms with van der Waals surface area (Å²) in [5, 5.41) is 17.0. The van der Waals surface area contributed by atoms with Crippen LogP contribution < -0.4 is 4.74 Å². The molecule has 1 aromatic heterocycles. The molecular formula is C17H21N5O2. The predicted molar refractivity (Wildman–Crippen MR) is 87.5 cm³/mol. The number of benzene rings is 1. The summed E-state index contributed by atoms with van der Waals surface area (Å²) < 4.78 is 13.6. The molecule has 0 spiro atoms. The molecule has 1 aliphatic rings. The summed E-state index contributed by atoms with van der Waals surface area (Å²) >= 11 is 0. The van der Waals surface area contributed by atoms with Crippen LogP contribution in [0.3, 0.4) is 0 Å². The number of aryl methyl sites for hydroxylation is 1. The maximum atomic E-state index is 8.79. The molecule has 7 heteroatoms. The molecule has 1 aliphatic heterocycles. The second-order valence-electron chi connectivity index (χ2n) is 5.62. The number of hydrogen-bond acceptors (Lipinski definition) is 6. The quantitative estimate of drug-likeness (QED) is 0.802. The molecule has 1 atom stereocenters. The molecule has 0 N–H and O–H groups in total. The Morgan fingerprint density at radius 2 is 2.21 bits per heavy atom. The van der Waals surface area contributed by atoms with Crippen molar-refractivity contribution in [2.45, 2.75) is 19.6 Å². The monoisotopic (exact) mass is 327 g/mol. The number of hydrogen-bond donors (Lipinski definition) is 0. The van der Waals surface area contributed by atoms with Gasteiger partial charge in [-0.05, 0) is 31.2 Å². The van der Waals surface area contributed by atoms with Crippen molar-refractivity contribution in [3.05, 3.63) is 42.0 Å². The van der Waals surface area contributed by atoms with Gasteiger partial charge in [-0.2, -0.15) is 5.26 Å². The first-order valence-electron chi connectivity index (χ1n) is 8.14. The van der Waals surface area contributed by atoms with Crippen molar-refractivity contribution in [1.29, 1.82) is 5.26 Å². The van der Waals surface area contributed by atoms with Crippen molar-refractivity contribution in [3.8, 4) is 11.8 Å². The number of ether oxygens (including phenoxy) is 2. The maximum absolute atomic E-state index is 8.79. The molecule has 1 saturated heterocycles. The van der Waals surface area contributed by atoms with Crippen LogP contribution in [-0.4, -0.2) is 52.5 Å². The average molecular weight is 327 g/mol. The minimum absolute atomic E-state index is 0.0453. The number of rotatable bonds is 6. The van der Waals surface area contributed by atoms with E-state index in [-0.39, 0.29) is 6.10 Å². The van der Waals surface area contributed by atoms with Crippen LogP contribution in [0.2, 0.25) is 0 Å². The van der Waals surface area contributed by atoms with Crippen molar-refractivity contribution in [1.82, 2.24) is 19.7 Å². The summed E-state index contributed by atoms with van der Waals surface area (Å²) in [4.78, 5) is 2.31. The highest BCUT2D eigenvalue weighted by molar-refractivity contribution is 5.34. The first kappa shape index (κ1) is 16.4. The number of nitrogens with zero attached hydrogens (tertiary/aromatic N) is 5. The zero-order valence-corrected chi connectivity index (χ0v) is 13.8. The van der Waals surface area contributed by atoms with E-state index in [4.69, 9.17) is 14.7 Å². The topological polar surface area (TPSA) is 76.2 Å². The highest BCUT2D eigenvalue weighted by atomic mass is 16.5. The second kappa shape index (κ2) is 7.90. The van der Waals surface area contributed by atoms with E-state index in [1.54, 1.807) is 18.5 Å². The summed E-state index contributed by atoms with van der Waals surface area (Å²) in [6.07, 6.45) is 1.70. The highest BCUT2D eigenvalue weighted by Crippen LogP contribution is 2.20. The molecule has 0 unspecified atom stereocenters. The zero-order chi connectivity index (χ0) is 16.8. The third-order valence-corrected chi connectivity index (χ3v) is 4.08. The van der Waals surface area contributed by atoms with Crippen LogP contribution in [0, 0.1) is 11.3 Å². The van der Waals surface area contributed by atoms with Gasteiger partial charge >= 0.3 is 0 Å². The van der Waals surface area contributed by atoms with Crippen LogP contribution >= 0.6 is 0 Å². The highest BCUT2D eigenvalue weighted by Gasteiger charge is 2.25. The summed E-state index contributed by atoms with van der Waals surface area (Å²) in [6, 6.07) is 9.27. The molecule has 0 radical (unpaired) electrons. The molecule has 2 heterocycles. The minimum Gasteiger partial charge on any atom is -0.492 e. The summed E-state index contributed by atoms with van der Waals surface area (Å²) in [5.41, 5.74) is 0.637. The van der Waals surface area contributed by atoms with Crippen molar-refractivity contribution in [2.24, 2.45) is 0 Å². The van der Waals surface area contributed by atoms with Gasteiger partial charge in [0.1, 0.15) is 24.8 Å². The molecular weight excluding hydrogens is 306 g/mol. The van der Waals surface area contributed by atoms with Gasteiger partial charge in [0.15, 0.2) is 5.82 Å². The van der Waals surface area contributed by atoms with E-state index in [1.165, 1.54) is 0 Å². The third kappa shape index (κ3) is 3.91. The first-order chi connectivity index (χ1) is 11.8. The van der Waals surface area contributed by atoms with Crippen molar-refractivity contribution < 1.29 is 9.47 Å². The molecule has 24 heavy (non-hydrogen) atoms. The van der Waals surface area contributed by atoms with Gasteiger partial charge in [0.2, 0.25) is 0 Å². The van der Waals surface area contributed by atoms with E-state index >= 15 is 0 Å². The Balaban J connectivity index is 1.49. The molecule has 7 nitrogen and oxygen atoms in total. The SMILES string of the molecule is CCn1cnnc1[C@H]1CN(CCOc2ccc(C#N)cc2)CCO1. The second-order valence-corrected chi connectivity index (χ2v) is 5.62. The molecule has 0 bridgehead atoms. The Morgan fingerprint density at radius 3 is 2.96 bits per heavy atom. The lowest BCUT2D eigenvalue weighted by atomic mass is 10.2. The Labute approximate surface area is 141 Å². The number of aromatic nitrogens is 3. The molecule has 0 aliphatic carbocycles. The van der Waals surface area contributed by atoms with Gasteiger partial charge in [-0.25, -0.2) is 0 Å². The molecule has 0 amide bonds. The van der Waals surface area contributed by atoms with E-state index < -0.39 is 0 Å². The first-order valence-corrected chi connectivity index (χ1v) is 8.14. The number of morpholine rings is 1. The predicted octanol–water partition coefficient (Wildman–Crippen LogP) is 1.62. The van der Waals surface area contributed by atoms with Gasteiger partial charge in [0.05, 0.1) is 18.2 Å². The molecule has 2 aromatic rings. The van der Waals surface area contributed by atoms with E-state index in [9.17, 15) is 0 Å². The van der Waals surface area contributed by atoms with Crippen molar-refractivity contribution >= 4 is 0 Å². The fraction of sp³-hybridized carbons (Fsp3) is 0.471. The summed E-state index contributed by atoms with van der Waals surface area (Å²) in [6.45, 7) is 6.67. The minimum atomic E-state index is -0.0453. The lowest BCUT2D eigenvalue weighted by Gasteiger charge is -2.32. The maximum Gasteiger partial charge on any atom is 0.163 e.